The van der Waals surface area contributed by atoms with Crippen LogP contribution in [0.3, 0.4) is 0 Å². The molecule has 8 heteroatoms. The van der Waals surface area contributed by atoms with E-state index >= 15 is 0 Å². The first-order chi connectivity index (χ1) is 12.1. The van der Waals surface area contributed by atoms with Gasteiger partial charge in [-0.25, -0.2) is 0 Å². The third kappa shape index (κ3) is 8.33. The number of carbonyl (C=O) groups excluding carboxylic acids is 2. The first kappa shape index (κ1) is 22.0. The van der Waals surface area contributed by atoms with Crippen molar-refractivity contribution in [2.75, 3.05) is 19.8 Å². The number of hydrogen-bond acceptors (Lipinski definition) is 3. The normalized spacial score (nSPS) is 12.7. The minimum atomic E-state index is -4.40. The minimum Gasteiger partial charge on any atom is -0.370 e. The van der Waals surface area contributed by atoms with Crippen molar-refractivity contribution in [1.29, 1.82) is 0 Å². The Morgan fingerprint density at radius 1 is 1.19 bits per heavy atom. The molecule has 0 spiro atoms. The van der Waals surface area contributed by atoms with Crippen LogP contribution in [0, 0.1) is 12.8 Å². The monoisotopic (exact) mass is 374 g/mol. The minimum absolute atomic E-state index is 0.0657. The van der Waals surface area contributed by atoms with Gasteiger partial charge in [-0.1, -0.05) is 32.0 Å². The fourth-order valence-electron chi connectivity index (χ4n) is 2.32. The summed E-state index contributed by atoms with van der Waals surface area (Å²) < 4.78 is 40.4. The predicted octanol–water partition coefficient (Wildman–Crippen LogP) is 2.83. The summed E-state index contributed by atoms with van der Waals surface area (Å²) in [6, 6.07) is 6.23. The number of rotatable bonds is 9. The smallest absolute Gasteiger partial charge is 0.370 e. The first-order valence-electron chi connectivity index (χ1n) is 8.39. The summed E-state index contributed by atoms with van der Waals surface area (Å²) in [5.41, 5.74) is 1.26. The lowest BCUT2D eigenvalue weighted by Crippen LogP contribution is -2.48. The van der Waals surface area contributed by atoms with Gasteiger partial charge in [-0.15, -0.1) is 0 Å². The van der Waals surface area contributed by atoms with E-state index < -0.39 is 24.7 Å². The number of carbonyl (C=O) groups is 2. The molecule has 2 amide bonds. The number of halogens is 3. The largest absolute Gasteiger partial charge is 0.411 e. The summed E-state index contributed by atoms with van der Waals surface area (Å²) in [6.07, 6.45) is -3.99. The maximum absolute atomic E-state index is 12.4. The standard InChI is InChI=1S/C18H25F3N2O3/c1-12(2)10-15(17(25)22-8-9-26-11-18(19,20)21)23-16(24)14-7-5-4-6-13(14)3/h4-7,12,15H,8-11H2,1-3H3,(H,22,25)(H,23,24). The van der Waals surface area contributed by atoms with Gasteiger partial charge in [0.15, 0.2) is 0 Å². The summed E-state index contributed by atoms with van der Waals surface area (Å²) >= 11 is 0. The summed E-state index contributed by atoms with van der Waals surface area (Å²) in [6.45, 7) is 3.93. The van der Waals surface area contributed by atoms with Gasteiger partial charge in [0.25, 0.3) is 5.91 Å². The van der Waals surface area contributed by atoms with Crippen LogP contribution < -0.4 is 10.6 Å². The predicted molar refractivity (Wildman–Crippen MR) is 91.8 cm³/mol. The van der Waals surface area contributed by atoms with E-state index in [0.29, 0.717) is 12.0 Å². The van der Waals surface area contributed by atoms with Crippen LogP contribution in [0.1, 0.15) is 36.2 Å². The van der Waals surface area contributed by atoms with E-state index in [1.165, 1.54) is 0 Å². The Bertz CT molecular complexity index is 604. The van der Waals surface area contributed by atoms with Gasteiger partial charge in [0.1, 0.15) is 12.6 Å². The third-order valence-corrected chi connectivity index (χ3v) is 3.53. The van der Waals surface area contributed by atoms with Crippen LogP contribution >= 0.6 is 0 Å². The van der Waals surface area contributed by atoms with Gasteiger partial charge in [-0.3, -0.25) is 9.59 Å². The molecule has 1 rings (SSSR count). The molecule has 5 nitrogen and oxygen atoms in total. The van der Waals surface area contributed by atoms with Gasteiger partial charge in [-0.05, 0) is 30.9 Å². The molecule has 0 heterocycles. The van der Waals surface area contributed by atoms with Crippen LogP contribution in [0.4, 0.5) is 13.2 Å². The fourth-order valence-corrected chi connectivity index (χ4v) is 2.32. The van der Waals surface area contributed by atoms with Crippen molar-refractivity contribution in [3.8, 4) is 0 Å². The quantitative estimate of drug-likeness (QED) is 0.653. The Morgan fingerprint density at radius 2 is 1.85 bits per heavy atom. The highest BCUT2D eigenvalue weighted by Crippen LogP contribution is 2.14. The molecule has 146 valence electrons. The SMILES string of the molecule is Cc1ccccc1C(=O)NC(CC(C)C)C(=O)NCCOCC(F)(F)F. The van der Waals surface area contributed by atoms with Crippen molar-refractivity contribution < 1.29 is 27.5 Å². The van der Waals surface area contributed by atoms with Crippen molar-refractivity contribution in [3.63, 3.8) is 0 Å². The molecule has 1 aromatic rings. The van der Waals surface area contributed by atoms with Gasteiger partial charge in [0.05, 0.1) is 6.61 Å². The maximum atomic E-state index is 12.4. The van der Waals surface area contributed by atoms with Gasteiger partial charge >= 0.3 is 6.18 Å². The molecule has 0 fully saturated rings. The lowest BCUT2D eigenvalue weighted by atomic mass is 10.0. The van der Waals surface area contributed by atoms with E-state index in [-0.39, 0.29) is 25.0 Å². The number of alkyl halides is 3. The van der Waals surface area contributed by atoms with Crippen molar-refractivity contribution in [2.45, 2.75) is 39.4 Å². The zero-order valence-corrected chi connectivity index (χ0v) is 15.2. The van der Waals surface area contributed by atoms with E-state index in [9.17, 15) is 22.8 Å². The second-order valence-electron chi connectivity index (χ2n) is 6.43. The van der Waals surface area contributed by atoms with E-state index in [1.807, 2.05) is 19.9 Å². The maximum Gasteiger partial charge on any atom is 0.411 e. The van der Waals surface area contributed by atoms with Crippen LogP contribution in [0.15, 0.2) is 24.3 Å². The molecule has 0 saturated carbocycles. The van der Waals surface area contributed by atoms with Gasteiger partial charge in [0.2, 0.25) is 5.91 Å². The van der Waals surface area contributed by atoms with Crippen LogP contribution in [0.2, 0.25) is 0 Å². The summed E-state index contributed by atoms with van der Waals surface area (Å²) in [5, 5.41) is 5.20. The van der Waals surface area contributed by atoms with Crippen LogP contribution in [-0.2, 0) is 9.53 Å². The molecular weight excluding hydrogens is 349 g/mol. The lowest BCUT2D eigenvalue weighted by Gasteiger charge is -2.21. The van der Waals surface area contributed by atoms with Gasteiger partial charge in [-0.2, -0.15) is 13.2 Å². The highest BCUT2D eigenvalue weighted by molar-refractivity contribution is 5.98. The fraction of sp³-hybridized carbons (Fsp3) is 0.556. The molecule has 0 aliphatic heterocycles. The number of benzene rings is 1. The summed E-state index contributed by atoms with van der Waals surface area (Å²) in [4.78, 5) is 24.7. The Kier molecular flexibility index (Phi) is 8.57. The van der Waals surface area contributed by atoms with Crippen molar-refractivity contribution in [3.05, 3.63) is 35.4 Å². The molecule has 1 atom stereocenters. The summed E-state index contributed by atoms with van der Waals surface area (Å²) in [7, 11) is 0. The van der Waals surface area contributed by atoms with E-state index in [2.05, 4.69) is 15.4 Å². The number of ether oxygens (including phenoxy) is 1. The van der Waals surface area contributed by atoms with Crippen LogP contribution in [0.5, 0.6) is 0 Å². The Labute approximate surface area is 151 Å². The van der Waals surface area contributed by atoms with E-state index in [0.717, 1.165) is 5.56 Å². The van der Waals surface area contributed by atoms with Crippen molar-refractivity contribution >= 4 is 11.8 Å². The van der Waals surface area contributed by atoms with Crippen molar-refractivity contribution in [1.82, 2.24) is 10.6 Å². The van der Waals surface area contributed by atoms with Gasteiger partial charge < -0.3 is 15.4 Å². The molecule has 0 radical (unpaired) electrons. The number of amides is 2. The molecule has 0 aliphatic carbocycles. The zero-order chi connectivity index (χ0) is 19.7. The molecule has 1 aromatic carbocycles. The highest BCUT2D eigenvalue weighted by Gasteiger charge is 2.27. The zero-order valence-electron chi connectivity index (χ0n) is 15.2. The molecule has 1 unspecified atom stereocenters. The van der Waals surface area contributed by atoms with Crippen LogP contribution in [-0.4, -0.2) is 43.8 Å². The number of hydrogen-bond donors (Lipinski definition) is 2. The van der Waals surface area contributed by atoms with Crippen molar-refractivity contribution in [2.24, 2.45) is 5.92 Å². The molecule has 0 aromatic heterocycles. The molecule has 0 aliphatic rings. The molecular formula is C18H25F3N2O3. The highest BCUT2D eigenvalue weighted by atomic mass is 19.4. The van der Waals surface area contributed by atoms with Crippen LogP contribution in [0.25, 0.3) is 0 Å². The number of nitrogens with one attached hydrogen (secondary N) is 2. The second-order valence-corrected chi connectivity index (χ2v) is 6.43. The first-order valence-corrected chi connectivity index (χ1v) is 8.39. The topological polar surface area (TPSA) is 67.4 Å². The van der Waals surface area contributed by atoms with Gasteiger partial charge in [0, 0.05) is 12.1 Å². The Hall–Kier alpha value is -2.09. The summed E-state index contributed by atoms with van der Waals surface area (Å²) in [5.74, 6) is -0.669. The Balaban J connectivity index is 2.58. The average molecular weight is 374 g/mol. The lowest BCUT2D eigenvalue weighted by molar-refractivity contribution is -0.173. The molecule has 26 heavy (non-hydrogen) atoms. The molecule has 0 bridgehead atoms. The molecule has 0 saturated heterocycles. The third-order valence-electron chi connectivity index (χ3n) is 3.53. The van der Waals surface area contributed by atoms with E-state index in [4.69, 9.17) is 0 Å². The molecule has 2 N–H and O–H groups in total. The van der Waals surface area contributed by atoms with E-state index in [1.54, 1.807) is 25.1 Å². The Morgan fingerprint density at radius 3 is 2.42 bits per heavy atom. The second kappa shape index (κ2) is 10.2. The average Bonchev–Trinajstić information content (AvgIpc) is 2.52. The number of aryl methyl sites for hydroxylation is 1.